The quantitative estimate of drug-likeness (QED) is 0.602. The zero-order valence-corrected chi connectivity index (χ0v) is 12.5. The number of halogens is 2. The minimum Gasteiger partial charge on any atom is -0.546 e. The zero-order chi connectivity index (χ0) is 16.8. The molecule has 23 heavy (non-hydrogen) atoms. The first kappa shape index (κ1) is 16.7. The summed E-state index contributed by atoms with van der Waals surface area (Å²) < 4.78 is 17.9. The average molecular weight is 334 g/mol. The monoisotopic (exact) mass is 333 g/mol. The third-order valence-electron chi connectivity index (χ3n) is 2.86. The minimum absolute atomic E-state index is 0.0469. The molecule has 0 atom stereocenters. The highest BCUT2D eigenvalue weighted by molar-refractivity contribution is 6.34. The summed E-state index contributed by atoms with van der Waals surface area (Å²) in [6.07, 6.45) is 2.88. The summed E-state index contributed by atoms with van der Waals surface area (Å²) in [5, 5.41) is 10.3. The number of hydrogen-bond donors (Lipinski definition) is 0. The fourth-order valence-corrected chi connectivity index (χ4v) is 2.03. The van der Waals surface area contributed by atoms with Gasteiger partial charge >= 0.3 is 0 Å². The molecule has 2 aromatic rings. The maximum Gasteiger partial charge on any atom is 0.187 e. The van der Waals surface area contributed by atoms with Crippen LogP contribution in [0.1, 0.15) is 15.9 Å². The van der Waals surface area contributed by atoms with Crippen LogP contribution in [0.25, 0.3) is 6.08 Å². The summed E-state index contributed by atoms with van der Waals surface area (Å²) in [6, 6.07) is 10.0. The van der Waals surface area contributed by atoms with Crippen LogP contribution in [0.3, 0.4) is 0 Å². The Labute approximate surface area is 136 Å². The van der Waals surface area contributed by atoms with Crippen molar-refractivity contribution in [1.29, 1.82) is 0 Å². The van der Waals surface area contributed by atoms with E-state index in [1.807, 2.05) is 0 Å². The van der Waals surface area contributed by atoms with Crippen LogP contribution in [0.4, 0.5) is 4.39 Å². The molecule has 0 unspecified atom stereocenters. The third-order valence-corrected chi connectivity index (χ3v) is 3.17. The van der Waals surface area contributed by atoms with Crippen LogP contribution in [-0.2, 0) is 4.79 Å². The van der Waals surface area contributed by atoms with E-state index in [9.17, 15) is 19.1 Å². The van der Waals surface area contributed by atoms with Gasteiger partial charge in [0.25, 0.3) is 0 Å². The van der Waals surface area contributed by atoms with E-state index in [1.165, 1.54) is 12.1 Å². The van der Waals surface area contributed by atoms with Crippen molar-refractivity contribution in [3.05, 3.63) is 70.5 Å². The van der Waals surface area contributed by atoms with Gasteiger partial charge in [-0.1, -0.05) is 29.8 Å². The number of aliphatic carboxylic acids is 1. The van der Waals surface area contributed by atoms with Gasteiger partial charge in [-0.05, 0) is 42.0 Å². The number of benzene rings is 2. The standard InChI is InChI=1S/C17H12ClFO4/c18-15-9-12(19)4-7-14(15)16(20)8-3-11-1-5-13(6-2-11)23-10-17(21)22/h1-9H,10H2,(H,21,22)/p-1/b8-3+. The summed E-state index contributed by atoms with van der Waals surface area (Å²) in [5.41, 5.74) is 0.913. The van der Waals surface area contributed by atoms with Gasteiger partial charge in [0.2, 0.25) is 0 Å². The van der Waals surface area contributed by atoms with Crippen molar-refractivity contribution < 1.29 is 23.8 Å². The molecule has 0 fully saturated rings. The number of allylic oxidation sites excluding steroid dienone is 1. The first-order valence-corrected chi connectivity index (χ1v) is 6.93. The van der Waals surface area contributed by atoms with Gasteiger partial charge in [0, 0.05) is 5.56 Å². The van der Waals surface area contributed by atoms with E-state index >= 15 is 0 Å². The van der Waals surface area contributed by atoms with E-state index in [0.717, 1.165) is 12.1 Å². The number of ether oxygens (including phenoxy) is 1. The fraction of sp³-hybridized carbons (Fsp3) is 0.0588. The lowest BCUT2D eigenvalue weighted by molar-refractivity contribution is -0.307. The molecular formula is C17H11ClFO4-. The van der Waals surface area contributed by atoms with Crippen LogP contribution >= 0.6 is 11.6 Å². The van der Waals surface area contributed by atoms with Gasteiger partial charge in [-0.25, -0.2) is 4.39 Å². The van der Waals surface area contributed by atoms with Gasteiger partial charge in [-0.15, -0.1) is 0 Å². The fourth-order valence-electron chi connectivity index (χ4n) is 1.77. The Morgan fingerprint density at radius 2 is 1.87 bits per heavy atom. The van der Waals surface area contributed by atoms with Gasteiger partial charge in [0.1, 0.15) is 18.2 Å². The van der Waals surface area contributed by atoms with Gasteiger partial charge in [0.05, 0.1) is 11.0 Å². The molecule has 0 amide bonds. The highest BCUT2D eigenvalue weighted by Gasteiger charge is 2.08. The van der Waals surface area contributed by atoms with Crippen LogP contribution in [0, 0.1) is 5.82 Å². The predicted molar refractivity (Wildman–Crippen MR) is 81.7 cm³/mol. The number of ketones is 1. The van der Waals surface area contributed by atoms with E-state index in [4.69, 9.17) is 16.3 Å². The smallest absolute Gasteiger partial charge is 0.187 e. The second kappa shape index (κ2) is 7.56. The number of carboxylic acid groups (broad SMARTS) is 1. The van der Waals surface area contributed by atoms with Gasteiger partial charge < -0.3 is 14.6 Å². The lowest BCUT2D eigenvalue weighted by Crippen LogP contribution is -2.28. The van der Waals surface area contributed by atoms with E-state index in [0.29, 0.717) is 11.3 Å². The van der Waals surface area contributed by atoms with E-state index in [1.54, 1.807) is 30.3 Å². The zero-order valence-electron chi connectivity index (χ0n) is 11.8. The lowest BCUT2D eigenvalue weighted by atomic mass is 10.1. The van der Waals surface area contributed by atoms with Crippen LogP contribution in [0.2, 0.25) is 5.02 Å². The molecule has 6 heteroatoms. The lowest BCUT2D eigenvalue weighted by Gasteiger charge is -2.06. The molecule has 2 aromatic carbocycles. The largest absolute Gasteiger partial charge is 0.546 e. The van der Waals surface area contributed by atoms with Crippen LogP contribution < -0.4 is 9.84 Å². The second-order valence-electron chi connectivity index (χ2n) is 4.55. The van der Waals surface area contributed by atoms with Crippen molar-refractivity contribution in [2.24, 2.45) is 0 Å². The molecule has 0 aliphatic rings. The Bertz CT molecular complexity index is 754. The highest BCUT2D eigenvalue weighted by Crippen LogP contribution is 2.19. The number of hydrogen-bond acceptors (Lipinski definition) is 4. The van der Waals surface area contributed by atoms with E-state index in [-0.39, 0.29) is 16.4 Å². The van der Waals surface area contributed by atoms with Crippen LogP contribution in [0.15, 0.2) is 48.5 Å². The molecule has 0 N–H and O–H groups in total. The molecule has 0 saturated heterocycles. The molecule has 0 saturated carbocycles. The maximum absolute atomic E-state index is 12.9. The molecule has 0 bridgehead atoms. The maximum atomic E-state index is 12.9. The van der Waals surface area contributed by atoms with Crippen molar-refractivity contribution in [2.75, 3.05) is 6.61 Å². The average Bonchev–Trinajstić information content (AvgIpc) is 2.51. The van der Waals surface area contributed by atoms with Crippen molar-refractivity contribution in [3.63, 3.8) is 0 Å². The molecular weight excluding hydrogens is 323 g/mol. The molecule has 118 valence electrons. The first-order valence-electron chi connectivity index (χ1n) is 6.56. The van der Waals surface area contributed by atoms with Crippen LogP contribution in [-0.4, -0.2) is 18.4 Å². The van der Waals surface area contributed by atoms with Crippen LogP contribution in [0.5, 0.6) is 5.75 Å². The molecule has 0 heterocycles. The van der Waals surface area contributed by atoms with E-state index < -0.39 is 18.4 Å². The van der Waals surface area contributed by atoms with Gasteiger partial charge in [0.15, 0.2) is 5.78 Å². The molecule has 0 aliphatic carbocycles. The number of carbonyl (C=O) groups is 2. The number of carboxylic acids is 1. The Kier molecular flexibility index (Phi) is 5.49. The van der Waals surface area contributed by atoms with Crippen molar-refractivity contribution in [3.8, 4) is 5.75 Å². The second-order valence-corrected chi connectivity index (χ2v) is 4.96. The van der Waals surface area contributed by atoms with Crippen molar-refractivity contribution in [1.82, 2.24) is 0 Å². The van der Waals surface area contributed by atoms with Crippen molar-refractivity contribution >= 4 is 29.4 Å². The summed E-state index contributed by atoms with van der Waals surface area (Å²) in [7, 11) is 0. The topological polar surface area (TPSA) is 66.4 Å². The van der Waals surface area contributed by atoms with Gasteiger partial charge in [-0.3, -0.25) is 4.79 Å². The Balaban J connectivity index is 2.04. The number of rotatable bonds is 6. The summed E-state index contributed by atoms with van der Waals surface area (Å²) in [4.78, 5) is 22.3. The molecule has 2 rings (SSSR count). The Hall–Kier alpha value is -2.66. The summed E-state index contributed by atoms with van der Waals surface area (Å²) in [5.74, 6) is -1.80. The van der Waals surface area contributed by atoms with Gasteiger partial charge in [-0.2, -0.15) is 0 Å². The highest BCUT2D eigenvalue weighted by atomic mass is 35.5. The Morgan fingerprint density at radius 3 is 2.48 bits per heavy atom. The summed E-state index contributed by atoms with van der Waals surface area (Å²) in [6.45, 7) is -0.531. The van der Waals surface area contributed by atoms with E-state index in [2.05, 4.69) is 0 Å². The first-order chi connectivity index (χ1) is 11.0. The Morgan fingerprint density at radius 1 is 1.17 bits per heavy atom. The molecule has 0 aliphatic heterocycles. The normalized spacial score (nSPS) is 10.7. The predicted octanol–water partition coefficient (Wildman–Crippen LogP) is 2.50. The third kappa shape index (κ3) is 4.93. The molecule has 0 spiro atoms. The number of carbonyl (C=O) groups excluding carboxylic acids is 2. The summed E-state index contributed by atoms with van der Waals surface area (Å²) >= 11 is 5.82. The SMILES string of the molecule is O=C([O-])COc1ccc(/C=C/C(=O)c2ccc(F)cc2Cl)cc1. The molecule has 0 radical (unpaired) electrons. The van der Waals surface area contributed by atoms with Crippen molar-refractivity contribution in [2.45, 2.75) is 0 Å². The molecule has 0 aromatic heterocycles. The molecule has 4 nitrogen and oxygen atoms in total. The minimum atomic E-state index is -1.31.